The number of hydrogen-bond acceptors (Lipinski definition) is 2. The maximum absolute atomic E-state index is 11.6. The molecule has 3 nitrogen and oxygen atoms in total. The molecule has 0 radical (unpaired) electrons. The molecular weight excluding hydrogens is 262 g/mol. The lowest BCUT2D eigenvalue weighted by Gasteiger charge is -2.03. The van der Waals surface area contributed by atoms with Gasteiger partial charge in [0, 0.05) is 18.0 Å². The molecule has 2 rings (SSSR count). The van der Waals surface area contributed by atoms with Crippen molar-refractivity contribution < 1.29 is 9.90 Å². The molecule has 0 aliphatic rings. The molecule has 21 heavy (non-hydrogen) atoms. The molecule has 0 atom stereocenters. The van der Waals surface area contributed by atoms with Crippen LogP contribution in [0.2, 0.25) is 0 Å². The van der Waals surface area contributed by atoms with Gasteiger partial charge in [0.05, 0.1) is 6.61 Å². The number of benzene rings is 2. The van der Waals surface area contributed by atoms with E-state index in [1.807, 2.05) is 54.6 Å². The van der Waals surface area contributed by atoms with E-state index in [2.05, 4.69) is 17.2 Å². The molecule has 0 saturated heterocycles. The van der Waals surface area contributed by atoms with Crippen molar-refractivity contribution >= 4 is 5.91 Å². The minimum absolute atomic E-state index is 0.0477. The minimum atomic E-state index is -0.272. The van der Waals surface area contributed by atoms with Crippen LogP contribution in [0.1, 0.15) is 16.7 Å². The highest BCUT2D eigenvalue weighted by atomic mass is 16.3. The normalized spacial score (nSPS) is 9.57. The molecular formula is C18H17NO2. The van der Waals surface area contributed by atoms with Gasteiger partial charge < -0.3 is 10.4 Å². The number of aliphatic hydroxyl groups excluding tert-OH is 1. The first kappa shape index (κ1) is 14.8. The van der Waals surface area contributed by atoms with Gasteiger partial charge in [-0.15, -0.1) is 0 Å². The fourth-order valence-electron chi connectivity index (χ4n) is 1.83. The van der Waals surface area contributed by atoms with Crippen LogP contribution in [0, 0.1) is 11.8 Å². The molecule has 2 aromatic carbocycles. The summed E-state index contributed by atoms with van der Waals surface area (Å²) in [5.41, 5.74) is 2.83. The highest BCUT2D eigenvalue weighted by molar-refractivity contribution is 5.94. The fourth-order valence-corrected chi connectivity index (χ4v) is 1.83. The summed E-state index contributed by atoms with van der Waals surface area (Å²) in [5.74, 6) is 5.12. The standard InChI is InChI=1S/C18H17NO2/c20-14-17-8-6-16(7-9-17)12-13-19-18(21)11-10-15-4-2-1-3-5-15/h1-9,20H,12-14H2,(H,19,21). The average molecular weight is 279 g/mol. The van der Waals surface area contributed by atoms with E-state index < -0.39 is 0 Å². The van der Waals surface area contributed by atoms with Crippen molar-refractivity contribution in [1.82, 2.24) is 5.32 Å². The van der Waals surface area contributed by atoms with Gasteiger partial charge in [-0.05, 0) is 29.7 Å². The molecule has 0 aromatic heterocycles. The zero-order valence-electron chi connectivity index (χ0n) is 11.7. The molecule has 0 fully saturated rings. The number of aliphatic hydroxyl groups is 1. The van der Waals surface area contributed by atoms with Crippen molar-refractivity contribution in [2.75, 3.05) is 6.54 Å². The van der Waals surface area contributed by atoms with Gasteiger partial charge in [-0.1, -0.05) is 48.4 Å². The summed E-state index contributed by atoms with van der Waals surface area (Å²) in [7, 11) is 0. The quantitative estimate of drug-likeness (QED) is 0.840. The van der Waals surface area contributed by atoms with E-state index in [-0.39, 0.29) is 12.5 Å². The van der Waals surface area contributed by atoms with Crippen molar-refractivity contribution in [1.29, 1.82) is 0 Å². The van der Waals surface area contributed by atoms with Gasteiger partial charge in [-0.25, -0.2) is 0 Å². The Morgan fingerprint density at radius 2 is 1.67 bits per heavy atom. The number of hydrogen-bond donors (Lipinski definition) is 2. The first-order valence-corrected chi connectivity index (χ1v) is 6.81. The third-order valence-corrected chi connectivity index (χ3v) is 3.00. The Hall–Kier alpha value is -2.57. The summed E-state index contributed by atoms with van der Waals surface area (Å²) in [6, 6.07) is 17.1. The predicted octanol–water partition coefficient (Wildman–Crippen LogP) is 1.89. The van der Waals surface area contributed by atoms with Gasteiger partial charge in [0.1, 0.15) is 0 Å². The topological polar surface area (TPSA) is 49.3 Å². The molecule has 2 N–H and O–H groups in total. The zero-order valence-corrected chi connectivity index (χ0v) is 11.7. The first-order valence-electron chi connectivity index (χ1n) is 6.81. The Labute approximate surface area is 124 Å². The summed E-state index contributed by atoms with van der Waals surface area (Å²) < 4.78 is 0. The largest absolute Gasteiger partial charge is 0.392 e. The van der Waals surface area contributed by atoms with E-state index >= 15 is 0 Å². The third kappa shape index (κ3) is 5.13. The van der Waals surface area contributed by atoms with Crippen LogP contribution in [-0.4, -0.2) is 17.6 Å². The first-order chi connectivity index (χ1) is 10.3. The highest BCUT2D eigenvalue weighted by Gasteiger charge is 1.97. The Morgan fingerprint density at radius 3 is 2.33 bits per heavy atom. The zero-order chi connectivity index (χ0) is 14.9. The molecule has 0 aliphatic heterocycles. The molecule has 0 saturated carbocycles. The van der Waals surface area contributed by atoms with Gasteiger partial charge in [0.2, 0.25) is 0 Å². The van der Waals surface area contributed by atoms with Gasteiger partial charge in [0.15, 0.2) is 0 Å². The van der Waals surface area contributed by atoms with Crippen molar-refractivity contribution in [3.63, 3.8) is 0 Å². The fraction of sp³-hybridized carbons (Fsp3) is 0.167. The Bertz CT molecular complexity index is 636. The third-order valence-electron chi connectivity index (χ3n) is 3.00. The Kier molecular flexibility index (Phi) is 5.57. The number of amides is 1. The van der Waals surface area contributed by atoms with Crippen LogP contribution in [0.25, 0.3) is 0 Å². The van der Waals surface area contributed by atoms with Gasteiger partial charge in [-0.3, -0.25) is 4.79 Å². The molecule has 0 unspecified atom stereocenters. The Morgan fingerprint density at radius 1 is 1.00 bits per heavy atom. The monoisotopic (exact) mass is 279 g/mol. The molecule has 2 aromatic rings. The second kappa shape index (κ2) is 7.88. The number of carbonyl (C=O) groups excluding carboxylic acids is 1. The van der Waals surface area contributed by atoms with E-state index in [0.717, 1.165) is 23.1 Å². The van der Waals surface area contributed by atoms with Crippen LogP contribution < -0.4 is 5.32 Å². The molecule has 0 bridgehead atoms. The van der Waals surface area contributed by atoms with Crippen molar-refractivity contribution in [2.45, 2.75) is 13.0 Å². The SMILES string of the molecule is O=C(C#Cc1ccccc1)NCCc1ccc(CO)cc1. The van der Waals surface area contributed by atoms with Gasteiger partial charge in [0.25, 0.3) is 5.91 Å². The van der Waals surface area contributed by atoms with Gasteiger partial charge in [-0.2, -0.15) is 0 Å². The lowest BCUT2D eigenvalue weighted by molar-refractivity contribution is -0.115. The number of nitrogens with one attached hydrogen (secondary N) is 1. The van der Waals surface area contributed by atoms with Crippen LogP contribution in [0.3, 0.4) is 0 Å². The molecule has 0 spiro atoms. The van der Waals surface area contributed by atoms with Crippen LogP contribution >= 0.6 is 0 Å². The summed E-state index contributed by atoms with van der Waals surface area (Å²) in [6.07, 6.45) is 0.741. The number of carbonyl (C=O) groups is 1. The van der Waals surface area contributed by atoms with Gasteiger partial charge >= 0.3 is 0 Å². The molecule has 3 heteroatoms. The molecule has 0 heterocycles. The molecule has 1 amide bonds. The second-order valence-corrected chi connectivity index (χ2v) is 4.60. The predicted molar refractivity (Wildman–Crippen MR) is 82.4 cm³/mol. The summed E-state index contributed by atoms with van der Waals surface area (Å²) in [4.78, 5) is 11.6. The summed E-state index contributed by atoms with van der Waals surface area (Å²) in [5, 5.41) is 11.7. The van der Waals surface area contributed by atoms with E-state index in [0.29, 0.717) is 6.54 Å². The Balaban J connectivity index is 1.78. The molecule has 0 aliphatic carbocycles. The van der Waals surface area contributed by atoms with Crippen molar-refractivity contribution in [3.05, 3.63) is 71.3 Å². The van der Waals surface area contributed by atoms with Crippen LogP contribution in [0.15, 0.2) is 54.6 Å². The maximum Gasteiger partial charge on any atom is 0.296 e. The lowest BCUT2D eigenvalue weighted by Crippen LogP contribution is -2.24. The minimum Gasteiger partial charge on any atom is -0.392 e. The lowest BCUT2D eigenvalue weighted by atomic mass is 10.1. The van der Waals surface area contributed by atoms with Crippen molar-refractivity contribution in [3.8, 4) is 11.8 Å². The van der Waals surface area contributed by atoms with E-state index in [1.54, 1.807) is 0 Å². The van der Waals surface area contributed by atoms with Crippen LogP contribution in [-0.2, 0) is 17.8 Å². The van der Waals surface area contributed by atoms with Crippen molar-refractivity contribution in [2.24, 2.45) is 0 Å². The van der Waals surface area contributed by atoms with E-state index in [4.69, 9.17) is 5.11 Å². The summed E-state index contributed by atoms with van der Waals surface area (Å²) >= 11 is 0. The average Bonchev–Trinajstić information content (AvgIpc) is 2.54. The van der Waals surface area contributed by atoms with E-state index in [9.17, 15) is 4.79 Å². The second-order valence-electron chi connectivity index (χ2n) is 4.60. The summed E-state index contributed by atoms with van der Waals surface area (Å²) in [6.45, 7) is 0.590. The molecule has 106 valence electrons. The highest BCUT2D eigenvalue weighted by Crippen LogP contribution is 2.04. The van der Waals surface area contributed by atoms with Crippen LogP contribution in [0.5, 0.6) is 0 Å². The van der Waals surface area contributed by atoms with E-state index in [1.165, 1.54) is 0 Å². The maximum atomic E-state index is 11.6. The number of rotatable bonds is 4. The smallest absolute Gasteiger partial charge is 0.296 e. The van der Waals surface area contributed by atoms with Crippen LogP contribution in [0.4, 0.5) is 0 Å².